The average Bonchev–Trinajstić information content (AvgIpc) is 0.686. The van der Waals surface area contributed by atoms with Gasteiger partial charge < -0.3 is 9.80 Å². The number of benzene rings is 17. The number of nitrogens with zero attached hydrogens (tertiary/aromatic N) is 2. The quantitative estimate of drug-likeness (QED) is 0.0703. The summed E-state index contributed by atoms with van der Waals surface area (Å²) in [4.78, 5) is 5.24. The van der Waals surface area contributed by atoms with Gasteiger partial charge in [0.25, 0.3) is 6.71 Å². The van der Waals surface area contributed by atoms with Gasteiger partial charge in [0.1, 0.15) is 0 Å². The first-order valence-electron chi connectivity index (χ1n) is 40.9. The lowest BCUT2D eigenvalue weighted by molar-refractivity contribution is 0.590. The Hall–Kier alpha value is -13.2. The molecule has 17 aromatic carbocycles. The van der Waals surface area contributed by atoms with Gasteiger partial charge >= 0.3 is 0 Å². The summed E-state index contributed by atoms with van der Waals surface area (Å²) < 4.78 is 46.2. The van der Waals surface area contributed by atoms with E-state index in [9.17, 15) is 2.74 Å². The summed E-state index contributed by atoms with van der Waals surface area (Å²) in [5, 5.41) is 9.33. The zero-order valence-electron chi connectivity index (χ0n) is 67.2. The minimum Gasteiger partial charge on any atom is -0.311 e. The Kier molecular flexibility index (Phi) is 16.3. The van der Waals surface area contributed by atoms with Crippen LogP contribution in [0.2, 0.25) is 0 Å². The van der Waals surface area contributed by atoms with E-state index in [4.69, 9.17) is 4.11 Å². The van der Waals surface area contributed by atoms with E-state index in [0.29, 0.717) is 5.56 Å². The van der Waals surface area contributed by atoms with Gasteiger partial charge in [-0.2, -0.15) is 0 Å². The lowest BCUT2D eigenvalue weighted by atomic mass is 9.33. The third-order valence-corrected chi connectivity index (χ3v) is 32.4. The highest BCUT2D eigenvalue weighted by atomic mass is 28.3. The van der Waals surface area contributed by atoms with Crippen molar-refractivity contribution < 1.29 is 6.85 Å². The predicted octanol–water partition coefficient (Wildman–Crippen LogP) is 19.8. The molecule has 2 aliphatic rings. The minimum atomic E-state index is -3.86. The van der Waals surface area contributed by atoms with Crippen LogP contribution >= 0.6 is 0 Å². The van der Waals surface area contributed by atoms with E-state index in [-0.39, 0.29) is 41.9 Å². The van der Waals surface area contributed by atoms with Gasteiger partial charge in [-0.25, -0.2) is 0 Å². The van der Waals surface area contributed by atoms with Gasteiger partial charge in [-0.1, -0.05) is 403 Å². The summed E-state index contributed by atoms with van der Waals surface area (Å²) in [6.45, 7) is 6.59. The Morgan fingerprint density at radius 3 is 1.11 bits per heavy atom. The number of hydrogen-bond acceptors (Lipinski definition) is 2. The highest BCUT2D eigenvalue weighted by Crippen LogP contribution is 2.49. The van der Waals surface area contributed by atoms with Gasteiger partial charge in [0.15, 0.2) is 16.1 Å². The zero-order chi connectivity index (χ0) is 78.8. The maximum Gasteiger partial charge on any atom is 0.252 e. The first kappa shape index (κ1) is 62.8. The van der Waals surface area contributed by atoms with E-state index in [2.05, 4.69) is 425 Å². The Bertz CT molecular complexity index is 6390. The molecule has 0 bridgehead atoms. The first-order chi connectivity index (χ1) is 56.7. The van der Waals surface area contributed by atoms with Crippen LogP contribution in [0, 0.1) is 0 Å². The topological polar surface area (TPSA) is 6.48 Å². The lowest BCUT2D eigenvalue weighted by Gasteiger charge is -2.47. The third kappa shape index (κ3) is 12.1. The first-order valence-corrected chi connectivity index (χ1v) is 42.4. The molecule has 2 heterocycles. The van der Waals surface area contributed by atoms with Crippen LogP contribution in [0.4, 0.5) is 34.1 Å². The van der Waals surface area contributed by atoms with Crippen LogP contribution in [0.3, 0.4) is 0 Å². The van der Waals surface area contributed by atoms with Crippen molar-refractivity contribution in [3.05, 3.63) is 442 Å². The fourth-order valence-electron chi connectivity index (χ4n) is 17.8. The molecule has 0 amide bonds. The molecule has 19 rings (SSSR count). The third-order valence-electron chi connectivity index (χ3n) is 22.9. The smallest absolute Gasteiger partial charge is 0.252 e. The fourth-order valence-corrected chi connectivity index (χ4v) is 27.4. The highest BCUT2D eigenvalue weighted by Gasteiger charge is 2.50. The average molecular weight is 1450 g/mol. The molecule has 526 valence electrons. The largest absolute Gasteiger partial charge is 0.311 e. The van der Waals surface area contributed by atoms with Crippen molar-refractivity contribution >= 4 is 115 Å². The molecule has 0 aromatic heterocycles. The van der Waals surface area contributed by atoms with Crippen LogP contribution in [0.5, 0.6) is 0 Å². The molecule has 0 N–H and O–H groups in total. The monoisotopic (exact) mass is 1450 g/mol. The fraction of sp³-hybridized carbons (Fsp3) is 0.0377. The molecule has 2 aliphatic heterocycles. The molecule has 0 spiro atoms. The Labute approximate surface area is 662 Å². The second kappa shape index (κ2) is 28.8. The van der Waals surface area contributed by atoms with Crippen molar-refractivity contribution in [1.29, 1.82) is 0 Å². The molecule has 0 unspecified atom stereocenters. The van der Waals surface area contributed by atoms with Crippen molar-refractivity contribution in [2.75, 3.05) is 9.80 Å². The van der Waals surface area contributed by atoms with Crippen molar-refractivity contribution in [3.8, 4) is 66.8 Å². The maximum atomic E-state index is 9.59. The number of fused-ring (bicyclic) bond motifs is 4. The molecule has 0 saturated heterocycles. The summed E-state index contributed by atoms with van der Waals surface area (Å²) in [5.74, 6) is 0. The van der Waals surface area contributed by atoms with E-state index < -0.39 is 22.2 Å². The molecule has 5 heteroatoms. The van der Waals surface area contributed by atoms with Gasteiger partial charge in [0.2, 0.25) is 0 Å². The number of rotatable bonds is 16. The molecule has 0 radical (unpaired) electrons. The molecule has 0 atom stereocenters. The van der Waals surface area contributed by atoms with E-state index >= 15 is 0 Å². The van der Waals surface area contributed by atoms with Crippen LogP contribution in [0.25, 0.3) is 66.8 Å². The Morgan fingerprint density at radius 1 is 0.243 bits per heavy atom. The van der Waals surface area contributed by atoms with Crippen molar-refractivity contribution in [2.45, 2.75) is 26.2 Å². The predicted molar refractivity (Wildman–Crippen MR) is 479 cm³/mol. The Balaban J connectivity index is 1.01. The molecular weight excluding hydrogens is 1370 g/mol. The Morgan fingerprint density at radius 2 is 0.631 bits per heavy atom. The van der Waals surface area contributed by atoms with Gasteiger partial charge in [-0.3, -0.25) is 0 Å². The van der Waals surface area contributed by atoms with Gasteiger partial charge in [0.05, 0.1) is 12.5 Å². The highest BCUT2D eigenvalue weighted by molar-refractivity contribution is 7.21. The summed E-state index contributed by atoms with van der Waals surface area (Å²) in [6.07, 6.45) is 0. The normalized spacial score (nSPS) is 13.0. The van der Waals surface area contributed by atoms with Gasteiger partial charge in [-0.15, -0.1) is 0 Å². The summed E-state index contributed by atoms with van der Waals surface area (Å²) in [5.41, 5.74) is 22.2. The standard InChI is InChI=1S/C106H81BN2Si2/c1-106(2,3)87-61-63-98-102(72-87)108(88-67-85(79-42-20-7-21-43-79)66-86(68-88)80-44-22-8-23-45-80)103-74-96(111(91-54-30-12-31-55-91,92-56-32-13-33-57-92)94-59-35-49-83(70-94)77-38-16-5-17-39-77)75-104-105(103)107(98)99-73-95(62-65-101(99)109(104)100-64-60-84(78-40-18-6-19-41-78)71-97(100)81-46-24-9-25-47-81)110(89-50-26-10-27-51-89,90-52-28-11-29-53-90)93-58-34-48-82(69-93)76-36-14-4-15-37-76/h4-75H,1-3H3/i5D,16D,17D,38D,39D. The molecular formula is C106H81BN2Si2. The van der Waals surface area contributed by atoms with Crippen LogP contribution in [-0.4, -0.2) is 22.9 Å². The lowest BCUT2D eigenvalue weighted by Crippen LogP contribution is -2.76. The SMILES string of the molecule is [2H]c1c([2H])c([2H])c(-c2cccc([Si](c3ccccc3)(c3ccccc3)c3cc4c5c(c3)N(c3ccc(-c6ccccc6)cc3-c3ccccc3)c3ccc([Si](c6ccccc6)(c6ccccc6)c6cccc(-c7ccccc7)c6)cc3B5c3ccc(C(C)(C)C)cc3N4c3cc(-c4ccccc4)cc(-c4ccccc4)c3)c2)c([2H])c1[2H]. The van der Waals surface area contributed by atoms with Crippen LogP contribution < -0.4 is 67.7 Å². The second-order valence-electron chi connectivity index (χ2n) is 30.3. The maximum absolute atomic E-state index is 9.59. The zero-order valence-corrected chi connectivity index (χ0v) is 64.2. The van der Waals surface area contributed by atoms with E-state index in [1.54, 1.807) is 0 Å². The van der Waals surface area contributed by atoms with Crippen LogP contribution in [0.1, 0.15) is 33.2 Å². The van der Waals surface area contributed by atoms with E-state index in [1.807, 2.05) is 12.1 Å². The van der Waals surface area contributed by atoms with Gasteiger partial charge in [-0.05, 0) is 185 Å². The second-order valence-corrected chi connectivity index (χ2v) is 37.9. The number of hydrogen-bond donors (Lipinski definition) is 0. The molecule has 0 fully saturated rings. The van der Waals surface area contributed by atoms with Crippen molar-refractivity contribution in [1.82, 2.24) is 0 Å². The van der Waals surface area contributed by atoms with Crippen LogP contribution in [0.15, 0.2) is 437 Å². The molecule has 17 aromatic rings. The molecule has 0 aliphatic carbocycles. The number of anilines is 6. The molecule has 111 heavy (non-hydrogen) atoms. The summed E-state index contributed by atoms with van der Waals surface area (Å²) in [6, 6.07) is 149. The summed E-state index contributed by atoms with van der Waals surface area (Å²) in [7, 11) is -7.26. The summed E-state index contributed by atoms with van der Waals surface area (Å²) >= 11 is 0. The molecule has 0 saturated carbocycles. The molecule has 2 nitrogen and oxygen atoms in total. The van der Waals surface area contributed by atoms with Crippen LogP contribution in [-0.2, 0) is 5.41 Å². The van der Waals surface area contributed by atoms with Crippen molar-refractivity contribution in [3.63, 3.8) is 0 Å². The van der Waals surface area contributed by atoms with E-state index in [1.165, 1.54) is 37.2 Å². The van der Waals surface area contributed by atoms with E-state index in [0.717, 1.165) is 116 Å². The van der Waals surface area contributed by atoms with Gasteiger partial charge in [0, 0.05) is 34.0 Å². The minimum absolute atomic E-state index is 0.153. The van der Waals surface area contributed by atoms with Crippen molar-refractivity contribution in [2.24, 2.45) is 0 Å².